The molecule has 1 saturated carbocycles. The van der Waals surface area contributed by atoms with E-state index in [0.717, 1.165) is 30.5 Å². The van der Waals surface area contributed by atoms with Gasteiger partial charge in [0, 0.05) is 23.8 Å². The van der Waals surface area contributed by atoms with Gasteiger partial charge in [-0.25, -0.2) is 15.1 Å². The zero-order valence-electron chi connectivity index (χ0n) is 19.6. The van der Waals surface area contributed by atoms with Crippen molar-refractivity contribution in [3.63, 3.8) is 0 Å². The molecule has 9 nitrogen and oxygen atoms in total. The molecule has 1 unspecified atom stereocenters. The van der Waals surface area contributed by atoms with Gasteiger partial charge in [0.25, 0.3) is 0 Å². The summed E-state index contributed by atoms with van der Waals surface area (Å²) in [7, 11) is -1.89. The van der Waals surface area contributed by atoms with Crippen molar-refractivity contribution in [2.75, 3.05) is 19.0 Å². The topological polar surface area (TPSA) is 128 Å². The van der Waals surface area contributed by atoms with Gasteiger partial charge in [0.2, 0.25) is 5.78 Å². The lowest BCUT2D eigenvalue weighted by molar-refractivity contribution is 0.104. The van der Waals surface area contributed by atoms with Crippen LogP contribution in [0.5, 0.6) is 0 Å². The minimum absolute atomic E-state index is 0.0350. The summed E-state index contributed by atoms with van der Waals surface area (Å²) in [5.74, 6) is 0.382. The lowest BCUT2D eigenvalue weighted by Crippen LogP contribution is -2.22. The van der Waals surface area contributed by atoms with Crippen LogP contribution >= 0.6 is 22.9 Å². The number of thiophene rings is 1. The minimum Gasteiger partial charge on any atom is -0.367 e. The van der Waals surface area contributed by atoms with E-state index >= 15 is 0 Å². The number of anilines is 1. The Labute approximate surface area is 218 Å². The molecule has 190 valence electrons. The molecule has 1 aliphatic carbocycles. The van der Waals surface area contributed by atoms with Crippen molar-refractivity contribution in [3.8, 4) is 0 Å². The number of halogens is 1. The summed E-state index contributed by atoms with van der Waals surface area (Å²) < 4.78 is 26.9. The summed E-state index contributed by atoms with van der Waals surface area (Å²) in [6, 6.07) is 7.98. The molecule has 36 heavy (non-hydrogen) atoms. The monoisotopic (exact) mass is 547 g/mol. The number of hydrogen-bond donors (Lipinski definition) is 2. The van der Waals surface area contributed by atoms with E-state index in [2.05, 4.69) is 33.3 Å². The van der Waals surface area contributed by atoms with Crippen molar-refractivity contribution in [1.82, 2.24) is 14.9 Å². The van der Waals surface area contributed by atoms with E-state index in [4.69, 9.17) is 20.9 Å². The molecule has 0 bridgehead atoms. The number of nitrogens with one attached hydrogen (secondary N) is 1. The molecule has 2 aromatic heterocycles. The summed E-state index contributed by atoms with van der Waals surface area (Å²) in [5, 5.41) is 11.0. The first-order valence-corrected chi connectivity index (χ1v) is 14.3. The maximum atomic E-state index is 13.5. The van der Waals surface area contributed by atoms with Gasteiger partial charge >= 0.3 is 10.3 Å². The molecule has 12 heteroatoms. The Balaban J connectivity index is 1.31. The first-order chi connectivity index (χ1) is 17.2. The molecule has 1 fully saturated rings. The fourth-order valence-electron chi connectivity index (χ4n) is 5.09. The molecular weight excluding hydrogens is 522 g/mol. The molecule has 0 spiro atoms. The Morgan fingerprint density at radius 3 is 2.97 bits per heavy atom. The van der Waals surface area contributed by atoms with Crippen molar-refractivity contribution in [1.29, 1.82) is 0 Å². The molecule has 1 aromatic carbocycles. The first-order valence-electron chi connectivity index (χ1n) is 11.5. The number of nitrogens with two attached hydrogens (primary N) is 1. The molecule has 3 N–H and O–H groups in total. The van der Waals surface area contributed by atoms with Gasteiger partial charge in [-0.2, -0.15) is 8.42 Å². The summed E-state index contributed by atoms with van der Waals surface area (Å²) >= 11 is 7.67. The van der Waals surface area contributed by atoms with Crippen molar-refractivity contribution in [2.24, 2.45) is 11.1 Å². The van der Waals surface area contributed by atoms with Crippen molar-refractivity contribution >= 4 is 44.8 Å². The lowest BCUT2D eigenvalue weighted by atomic mass is 9.99. The molecule has 0 amide bonds. The van der Waals surface area contributed by atoms with E-state index < -0.39 is 10.3 Å². The van der Waals surface area contributed by atoms with Crippen LogP contribution in [-0.2, 0) is 21.0 Å². The van der Waals surface area contributed by atoms with Gasteiger partial charge in [-0.05, 0) is 72.5 Å². The van der Waals surface area contributed by atoms with Crippen molar-refractivity contribution in [3.05, 3.63) is 74.3 Å². The molecule has 3 aromatic rings. The lowest BCUT2D eigenvalue weighted by Gasteiger charge is -2.19. The Bertz CT molecular complexity index is 1400. The zero-order chi connectivity index (χ0) is 25.4. The third-order valence-corrected chi connectivity index (χ3v) is 8.38. The number of benzene rings is 1. The molecule has 3 heterocycles. The summed E-state index contributed by atoms with van der Waals surface area (Å²) in [5.41, 5.74) is 3.85. The SMILES string of the molecule is CN1Cc2ccc(Cl)cc2C1c1csc(C(=O)c2cncnc2N[C@H]2CC[C@@H](COS(N)(=O)=O)C2)c1. The molecule has 3 atom stereocenters. The third kappa shape index (κ3) is 5.46. The Morgan fingerprint density at radius 2 is 2.17 bits per heavy atom. The number of nitrogens with zero attached hydrogens (tertiary/aromatic N) is 3. The minimum atomic E-state index is -3.96. The summed E-state index contributed by atoms with van der Waals surface area (Å²) in [4.78, 5) is 24.7. The molecular formula is C24H26ClN5O4S2. The standard InChI is InChI=1S/C24H26ClN5O4S2/c1-30-10-15-3-4-17(25)8-19(15)22(30)16-7-21(35-12-16)23(31)20-9-27-13-28-24(20)29-18-5-2-14(6-18)11-34-36(26,32)33/h3-4,7-9,12-14,18,22H,2,5-6,10-11H2,1H3,(H2,26,32,33)(H,27,28,29)/t14-,18+,22?/m1/s1. The number of carbonyl (C=O) groups excluding carboxylic acids is 1. The van der Waals surface area contributed by atoms with Crippen LogP contribution in [0.4, 0.5) is 5.82 Å². The van der Waals surface area contributed by atoms with Crippen LogP contribution in [0.1, 0.15) is 57.2 Å². The predicted octanol–water partition coefficient (Wildman–Crippen LogP) is 3.76. The van der Waals surface area contributed by atoms with E-state index in [0.29, 0.717) is 27.7 Å². The molecule has 0 radical (unpaired) electrons. The summed E-state index contributed by atoms with van der Waals surface area (Å²) in [6.45, 7) is 0.871. The van der Waals surface area contributed by atoms with Crippen LogP contribution < -0.4 is 10.5 Å². The van der Waals surface area contributed by atoms with Gasteiger partial charge in [-0.1, -0.05) is 17.7 Å². The number of carbonyl (C=O) groups is 1. The molecule has 0 saturated heterocycles. The van der Waals surface area contributed by atoms with E-state index in [1.807, 2.05) is 23.6 Å². The van der Waals surface area contributed by atoms with Gasteiger partial charge in [0.05, 0.1) is 23.1 Å². The maximum Gasteiger partial charge on any atom is 0.333 e. The third-order valence-electron chi connectivity index (χ3n) is 6.73. The first kappa shape index (κ1) is 25.2. The van der Waals surface area contributed by atoms with Crippen LogP contribution in [-0.4, -0.2) is 48.8 Å². The van der Waals surface area contributed by atoms with Crippen molar-refractivity contribution in [2.45, 2.75) is 37.9 Å². The van der Waals surface area contributed by atoms with Gasteiger partial charge in [0.15, 0.2) is 0 Å². The second-order valence-corrected chi connectivity index (χ2v) is 11.9. The van der Waals surface area contributed by atoms with E-state index in [1.54, 1.807) is 0 Å². The number of hydrogen-bond acceptors (Lipinski definition) is 9. The Kier molecular flexibility index (Phi) is 7.12. The van der Waals surface area contributed by atoms with Gasteiger partial charge in [0.1, 0.15) is 12.1 Å². The van der Waals surface area contributed by atoms with Crippen LogP contribution in [0.2, 0.25) is 5.02 Å². The fourth-order valence-corrected chi connectivity index (χ4v) is 6.54. The largest absolute Gasteiger partial charge is 0.367 e. The maximum absolute atomic E-state index is 13.5. The smallest absolute Gasteiger partial charge is 0.333 e. The second kappa shape index (κ2) is 10.2. The normalized spacial score (nSPS) is 22.0. The van der Waals surface area contributed by atoms with Crippen LogP contribution in [0.15, 0.2) is 42.2 Å². The highest BCUT2D eigenvalue weighted by atomic mass is 35.5. The Hall–Kier alpha value is -2.41. The highest BCUT2D eigenvalue weighted by Crippen LogP contribution is 2.40. The quantitative estimate of drug-likeness (QED) is 0.408. The predicted molar refractivity (Wildman–Crippen MR) is 138 cm³/mol. The van der Waals surface area contributed by atoms with Gasteiger partial charge in [-0.15, -0.1) is 11.3 Å². The second-order valence-electron chi connectivity index (χ2n) is 9.32. The van der Waals surface area contributed by atoms with E-state index in [-0.39, 0.29) is 30.4 Å². The zero-order valence-corrected chi connectivity index (χ0v) is 21.9. The highest BCUT2D eigenvalue weighted by molar-refractivity contribution is 7.84. The fraction of sp³-hybridized carbons (Fsp3) is 0.375. The molecule has 2 aliphatic rings. The van der Waals surface area contributed by atoms with Crippen LogP contribution in [0.25, 0.3) is 0 Å². The average Bonchev–Trinajstić information content (AvgIpc) is 3.55. The highest BCUT2D eigenvalue weighted by Gasteiger charge is 2.31. The molecule has 5 rings (SSSR count). The van der Waals surface area contributed by atoms with Crippen LogP contribution in [0, 0.1) is 5.92 Å². The summed E-state index contributed by atoms with van der Waals surface area (Å²) in [6.07, 6.45) is 5.21. The van der Waals surface area contributed by atoms with E-state index in [9.17, 15) is 13.2 Å². The number of ketones is 1. The van der Waals surface area contributed by atoms with Crippen molar-refractivity contribution < 1.29 is 17.4 Å². The average molecular weight is 548 g/mol. The Morgan fingerprint density at radius 1 is 1.33 bits per heavy atom. The number of fused-ring (bicyclic) bond motifs is 1. The van der Waals surface area contributed by atoms with Crippen LogP contribution in [0.3, 0.4) is 0 Å². The number of aromatic nitrogens is 2. The van der Waals surface area contributed by atoms with E-state index in [1.165, 1.54) is 29.4 Å². The van der Waals surface area contributed by atoms with Gasteiger partial charge in [-0.3, -0.25) is 13.9 Å². The van der Waals surface area contributed by atoms with Gasteiger partial charge < -0.3 is 5.32 Å². The number of rotatable bonds is 8. The molecule has 1 aliphatic heterocycles.